The average Bonchev–Trinajstić information content (AvgIpc) is 2.28. The van der Waals surface area contributed by atoms with Gasteiger partial charge < -0.3 is 9.47 Å². The lowest BCUT2D eigenvalue weighted by molar-refractivity contribution is -0.0889. The van der Waals surface area contributed by atoms with E-state index in [0.717, 1.165) is 12.2 Å². The van der Waals surface area contributed by atoms with Crippen molar-refractivity contribution in [3.8, 4) is 5.75 Å². The molecule has 1 aliphatic heterocycles. The zero-order chi connectivity index (χ0) is 10.7. The van der Waals surface area contributed by atoms with Crippen LogP contribution in [0.1, 0.15) is 24.8 Å². The van der Waals surface area contributed by atoms with Crippen LogP contribution in [-0.2, 0) is 4.74 Å². The minimum atomic E-state index is -0.132. The van der Waals surface area contributed by atoms with Crippen LogP contribution in [0.4, 0.5) is 0 Å². The van der Waals surface area contributed by atoms with E-state index in [1.807, 2.05) is 31.2 Å². The van der Waals surface area contributed by atoms with Crippen molar-refractivity contribution in [1.82, 2.24) is 0 Å². The van der Waals surface area contributed by atoms with Crippen LogP contribution in [0.5, 0.6) is 5.75 Å². The molecule has 2 atom stereocenters. The first kappa shape index (κ1) is 10.2. The van der Waals surface area contributed by atoms with Crippen molar-refractivity contribution < 1.29 is 9.47 Å². The first-order valence-electron chi connectivity index (χ1n) is 5.35. The van der Waals surface area contributed by atoms with E-state index in [9.17, 15) is 0 Å². The molecule has 0 aliphatic carbocycles. The third kappa shape index (κ3) is 2.05. The van der Waals surface area contributed by atoms with Crippen LogP contribution < -0.4 is 4.74 Å². The van der Waals surface area contributed by atoms with E-state index in [0.29, 0.717) is 12.5 Å². The summed E-state index contributed by atoms with van der Waals surface area (Å²) in [4.78, 5) is 0. The van der Waals surface area contributed by atoms with Crippen molar-refractivity contribution in [3.63, 3.8) is 0 Å². The normalized spacial score (nSPS) is 24.1. The largest absolute Gasteiger partial charge is 0.465 e. The van der Waals surface area contributed by atoms with Crippen LogP contribution in [0.25, 0.3) is 0 Å². The standard InChI is InChI=1S/C13H16O2/c1-3-10-9-13(14-4-2)15-12-8-6-5-7-11(10)12/h3,5-8,10,13H,1,4,9H2,2H3. The topological polar surface area (TPSA) is 18.5 Å². The van der Waals surface area contributed by atoms with Crippen molar-refractivity contribution in [2.24, 2.45) is 0 Å². The Morgan fingerprint density at radius 2 is 2.33 bits per heavy atom. The third-order valence-corrected chi connectivity index (χ3v) is 2.66. The van der Waals surface area contributed by atoms with Crippen LogP contribution in [0.3, 0.4) is 0 Å². The van der Waals surface area contributed by atoms with Gasteiger partial charge in [0.2, 0.25) is 6.29 Å². The lowest BCUT2D eigenvalue weighted by atomic mass is 9.93. The highest BCUT2D eigenvalue weighted by atomic mass is 16.7. The molecule has 0 saturated carbocycles. The SMILES string of the molecule is C=CC1CC(OCC)Oc2ccccc21. The second-order valence-corrected chi connectivity index (χ2v) is 3.62. The van der Waals surface area contributed by atoms with Gasteiger partial charge in [-0.1, -0.05) is 24.3 Å². The molecule has 1 aromatic rings. The monoisotopic (exact) mass is 204 g/mol. The fraction of sp³-hybridized carbons (Fsp3) is 0.385. The molecule has 2 rings (SSSR count). The fourth-order valence-corrected chi connectivity index (χ4v) is 1.93. The quantitative estimate of drug-likeness (QED) is 0.704. The number of hydrogen-bond acceptors (Lipinski definition) is 2. The van der Waals surface area contributed by atoms with Gasteiger partial charge in [-0.05, 0) is 13.0 Å². The molecule has 2 unspecified atom stereocenters. The Bertz CT molecular complexity index is 346. The van der Waals surface area contributed by atoms with Gasteiger partial charge in [0.25, 0.3) is 0 Å². The molecule has 80 valence electrons. The van der Waals surface area contributed by atoms with Crippen LogP contribution in [-0.4, -0.2) is 12.9 Å². The summed E-state index contributed by atoms with van der Waals surface area (Å²) in [6.45, 7) is 6.52. The predicted molar refractivity (Wildman–Crippen MR) is 60.0 cm³/mol. The molecule has 1 heterocycles. The Morgan fingerprint density at radius 1 is 1.53 bits per heavy atom. The summed E-state index contributed by atoms with van der Waals surface area (Å²) in [5.74, 6) is 1.26. The maximum absolute atomic E-state index is 5.73. The molecule has 0 saturated heterocycles. The molecule has 2 heteroatoms. The van der Waals surface area contributed by atoms with E-state index in [4.69, 9.17) is 9.47 Å². The van der Waals surface area contributed by atoms with Crippen molar-refractivity contribution in [2.45, 2.75) is 25.6 Å². The molecule has 0 fully saturated rings. The number of fused-ring (bicyclic) bond motifs is 1. The lowest BCUT2D eigenvalue weighted by Crippen LogP contribution is -2.27. The van der Waals surface area contributed by atoms with Crippen LogP contribution in [0.2, 0.25) is 0 Å². The van der Waals surface area contributed by atoms with Gasteiger partial charge in [0, 0.05) is 24.5 Å². The molecule has 1 aromatic carbocycles. The summed E-state index contributed by atoms with van der Waals surface area (Å²) in [6, 6.07) is 8.08. The maximum atomic E-state index is 5.73. The summed E-state index contributed by atoms with van der Waals surface area (Å²) in [6.07, 6.45) is 2.69. The molecule has 2 nitrogen and oxygen atoms in total. The number of ether oxygens (including phenoxy) is 2. The molecule has 0 N–H and O–H groups in total. The number of para-hydroxylation sites is 1. The summed E-state index contributed by atoms with van der Waals surface area (Å²) < 4.78 is 11.2. The molecule has 0 radical (unpaired) electrons. The Balaban J connectivity index is 2.25. The minimum Gasteiger partial charge on any atom is -0.465 e. The van der Waals surface area contributed by atoms with Gasteiger partial charge in [0.05, 0.1) is 0 Å². The molecule has 0 spiro atoms. The summed E-state index contributed by atoms with van der Waals surface area (Å²) >= 11 is 0. The van der Waals surface area contributed by atoms with Crippen molar-refractivity contribution >= 4 is 0 Å². The lowest BCUT2D eigenvalue weighted by Gasteiger charge is -2.30. The van der Waals surface area contributed by atoms with Gasteiger partial charge in [0.15, 0.2) is 0 Å². The second-order valence-electron chi connectivity index (χ2n) is 3.62. The summed E-state index contributed by atoms with van der Waals surface area (Å²) in [7, 11) is 0. The Hall–Kier alpha value is -1.28. The molecule has 0 aromatic heterocycles. The molecule has 0 amide bonds. The average molecular weight is 204 g/mol. The third-order valence-electron chi connectivity index (χ3n) is 2.66. The van der Waals surface area contributed by atoms with E-state index in [2.05, 4.69) is 12.6 Å². The first-order chi connectivity index (χ1) is 7.35. The molecule has 15 heavy (non-hydrogen) atoms. The van der Waals surface area contributed by atoms with Gasteiger partial charge in [0.1, 0.15) is 5.75 Å². The molecule has 0 bridgehead atoms. The van der Waals surface area contributed by atoms with Gasteiger partial charge in [-0.25, -0.2) is 0 Å². The highest BCUT2D eigenvalue weighted by Gasteiger charge is 2.26. The zero-order valence-corrected chi connectivity index (χ0v) is 8.98. The molecular weight excluding hydrogens is 188 g/mol. The number of rotatable bonds is 3. The van der Waals surface area contributed by atoms with Gasteiger partial charge in [-0.3, -0.25) is 0 Å². The predicted octanol–water partition coefficient (Wildman–Crippen LogP) is 3.10. The van der Waals surface area contributed by atoms with Crippen LogP contribution in [0.15, 0.2) is 36.9 Å². The number of benzene rings is 1. The molecular formula is C13H16O2. The maximum Gasteiger partial charge on any atom is 0.200 e. The summed E-state index contributed by atoms with van der Waals surface area (Å²) in [5.41, 5.74) is 1.21. The van der Waals surface area contributed by atoms with Gasteiger partial charge in [-0.2, -0.15) is 0 Å². The van der Waals surface area contributed by atoms with Gasteiger partial charge in [-0.15, -0.1) is 6.58 Å². The Labute approximate surface area is 90.5 Å². The van der Waals surface area contributed by atoms with E-state index in [1.165, 1.54) is 5.56 Å². The van der Waals surface area contributed by atoms with Gasteiger partial charge >= 0.3 is 0 Å². The summed E-state index contributed by atoms with van der Waals surface area (Å²) in [5, 5.41) is 0. The Kier molecular flexibility index (Phi) is 3.07. The first-order valence-corrected chi connectivity index (χ1v) is 5.35. The van der Waals surface area contributed by atoms with E-state index >= 15 is 0 Å². The second kappa shape index (κ2) is 4.49. The molecule has 1 aliphatic rings. The highest BCUT2D eigenvalue weighted by Crippen LogP contribution is 2.36. The van der Waals surface area contributed by atoms with E-state index in [1.54, 1.807) is 0 Å². The Morgan fingerprint density at radius 3 is 3.07 bits per heavy atom. The van der Waals surface area contributed by atoms with Crippen molar-refractivity contribution in [2.75, 3.05) is 6.61 Å². The zero-order valence-electron chi connectivity index (χ0n) is 8.98. The number of allylic oxidation sites excluding steroid dienone is 1. The highest BCUT2D eigenvalue weighted by molar-refractivity contribution is 5.39. The smallest absolute Gasteiger partial charge is 0.200 e. The van der Waals surface area contributed by atoms with Crippen molar-refractivity contribution in [1.29, 1.82) is 0 Å². The van der Waals surface area contributed by atoms with Crippen molar-refractivity contribution in [3.05, 3.63) is 42.5 Å². The fourth-order valence-electron chi connectivity index (χ4n) is 1.93. The van der Waals surface area contributed by atoms with Crippen LogP contribution in [0, 0.1) is 0 Å². The van der Waals surface area contributed by atoms with E-state index < -0.39 is 0 Å². The minimum absolute atomic E-state index is 0.132. The number of hydrogen-bond donors (Lipinski definition) is 0. The van der Waals surface area contributed by atoms with Crippen LogP contribution >= 0.6 is 0 Å². The van der Waals surface area contributed by atoms with E-state index in [-0.39, 0.29) is 6.29 Å².